The van der Waals surface area contributed by atoms with Crippen molar-refractivity contribution in [3.8, 4) is 0 Å². The van der Waals surface area contributed by atoms with E-state index in [2.05, 4.69) is 36.6 Å². The topological polar surface area (TPSA) is 38.0 Å². The van der Waals surface area contributed by atoms with Crippen LogP contribution in [0.25, 0.3) is 0 Å². The Morgan fingerprint density at radius 3 is 2.57 bits per heavy atom. The maximum absolute atomic E-state index is 5.57. The smallest absolute Gasteiger partial charge is 0.0281 e. The number of nitrogens with one attached hydrogen (secondary N) is 1. The zero-order valence-electron chi connectivity index (χ0n) is 8.61. The fourth-order valence-electron chi connectivity index (χ4n) is 2.11. The van der Waals surface area contributed by atoms with Crippen molar-refractivity contribution < 1.29 is 0 Å². The molecule has 1 aromatic rings. The Kier molecular flexibility index (Phi) is 2.85. The molecule has 1 fully saturated rings. The van der Waals surface area contributed by atoms with Crippen molar-refractivity contribution in [1.29, 1.82) is 0 Å². The molecule has 2 rings (SSSR count). The van der Waals surface area contributed by atoms with E-state index < -0.39 is 0 Å². The first-order chi connectivity index (χ1) is 6.81. The van der Waals surface area contributed by atoms with Gasteiger partial charge in [-0.1, -0.05) is 37.3 Å². The summed E-state index contributed by atoms with van der Waals surface area (Å²) in [7, 11) is 0. The molecule has 76 valence electrons. The number of benzene rings is 1. The maximum Gasteiger partial charge on any atom is 0.0281 e. The van der Waals surface area contributed by atoms with E-state index in [9.17, 15) is 0 Å². The Labute approximate surface area is 85.5 Å². The molecule has 0 aromatic heterocycles. The minimum Gasteiger partial charge on any atom is -0.271 e. The van der Waals surface area contributed by atoms with E-state index in [0.717, 1.165) is 18.3 Å². The van der Waals surface area contributed by atoms with Gasteiger partial charge < -0.3 is 0 Å². The molecule has 0 heterocycles. The molecule has 0 spiro atoms. The van der Waals surface area contributed by atoms with Crippen LogP contribution < -0.4 is 11.3 Å². The lowest BCUT2D eigenvalue weighted by molar-refractivity contribution is 0.454. The van der Waals surface area contributed by atoms with Gasteiger partial charge in [-0.3, -0.25) is 11.3 Å². The second kappa shape index (κ2) is 4.11. The number of hydrogen-bond donors (Lipinski definition) is 2. The van der Waals surface area contributed by atoms with E-state index >= 15 is 0 Å². The van der Waals surface area contributed by atoms with Gasteiger partial charge in [-0.05, 0) is 30.2 Å². The van der Waals surface area contributed by atoms with Gasteiger partial charge in [-0.15, -0.1) is 0 Å². The van der Waals surface area contributed by atoms with E-state index in [-0.39, 0.29) is 0 Å². The highest BCUT2D eigenvalue weighted by atomic mass is 15.2. The highest BCUT2D eigenvalue weighted by Crippen LogP contribution is 2.41. The van der Waals surface area contributed by atoms with Crippen molar-refractivity contribution >= 4 is 0 Å². The molecule has 1 aromatic carbocycles. The summed E-state index contributed by atoms with van der Waals surface area (Å²) in [5.74, 6) is 7.20. The monoisotopic (exact) mass is 190 g/mol. The van der Waals surface area contributed by atoms with E-state index in [1.807, 2.05) is 6.07 Å². The van der Waals surface area contributed by atoms with Gasteiger partial charge in [0, 0.05) is 6.04 Å². The van der Waals surface area contributed by atoms with Gasteiger partial charge in [0.2, 0.25) is 0 Å². The van der Waals surface area contributed by atoms with E-state index in [1.54, 1.807) is 0 Å². The Morgan fingerprint density at radius 1 is 1.43 bits per heavy atom. The first-order valence-electron chi connectivity index (χ1n) is 5.31. The summed E-state index contributed by atoms with van der Waals surface area (Å²) in [5.41, 5.74) is 4.31. The molecule has 3 N–H and O–H groups in total. The Bertz CT molecular complexity index is 284. The molecular weight excluding hydrogens is 172 g/mol. The standard InChI is InChI=1S/C12H18N2/c1-9-7-11(9)12(14-13)8-10-5-3-2-4-6-10/h2-6,9,11-12,14H,7-8,13H2,1H3. The minimum absolute atomic E-state index is 0.451. The van der Waals surface area contributed by atoms with Gasteiger partial charge in [0.1, 0.15) is 0 Å². The Morgan fingerprint density at radius 2 is 2.07 bits per heavy atom. The average molecular weight is 190 g/mol. The Hall–Kier alpha value is -0.860. The van der Waals surface area contributed by atoms with E-state index in [4.69, 9.17) is 5.84 Å². The van der Waals surface area contributed by atoms with Crippen molar-refractivity contribution in [3.63, 3.8) is 0 Å². The van der Waals surface area contributed by atoms with Gasteiger partial charge in [0.15, 0.2) is 0 Å². The molecule has 1 saturated carbocycles. The highest BCUT2D eigenvalue weighted by Gasteiger charge is 2.38. The van der Waals surface area contributed by atoms with Crippen molar-refractivity contribution in [3.05, 3.63) is 35.9 Å². The SMILES string of the molecule is CC1CC1C(Cc1ccccc1)NN. The van der Waals surface area contributed by atoms with E-state index in [1.165, 1.54) is 12.0 Å². The molecule has 3 atom stereocenters. The maximum atomic E-state index is 5.57. The van der Waals surface area contributed by atoms with Crippen LogP contribution in [0.3, 0.4) is 0 Å². The predicted octanol–water partition coefficient (Wildman–Crippen LogP) is 1.72. The van der Waals surface area contributed by atoms with Gasteiger partial charge >= 0.3 is 0 Å². The van der Waals surface area contributed by atoms with Crippen molar-refractivity contribution in [2.24, 2.45) is 17.7 Å². The minimum atomic E-state index is 0.451. The lowest BCUT2D eigenvalue weighted by Crippen LogP contribution is -2.38. The molecule has 0 aliphatic heterocycles. The molecule has 1 aliphatic carbocycles. The zero-order valence-corrected chi connectivity index (χ0v) is 8.61. The van der Waals surface area contributed by atoms with Crippen LogP contribution >= 0.6 is 0 Å². The summed E-state index contributed by atoms with van der Waals surface area (Å²) in [6.07, 6.45) is 2.37. The molecule has 3 unspecified atom stereocenters. The van der Waals surface area contributed by atoms with Crippen LogP contribution in [0.1, 0.15) is 18.9 Å². The van der Waals surface area contributed by atoms with Crippen LogP contribution in [0.5, 0.6) is 0 Å². The van der Waals surface area contributed by atoms with E-state index in [0.29, 0.717) is 6.04 Å². The van der Waals surface area contributed by atoms with Crippen LogP contribution in [0.15, 0.2) is 30.3 Å². The van der Waals surface area contributed by atoms with Crippen molar-refractivity contribution in [1.82, 2.24) is 5.43 Å². The summed E-state index contributed by atoms with van der Waals surface area (Å²) in [5, 5.41) is 0. The summed E-state index contributed by atoms with van der Waals surface area (Å²) >= 11 is 0. The van der Waals surface area contributed by atoms with Crippen LogP contribution in [0, 0.1) is 11.8 Å². The number of hydrazine groups is 1. The largest absolute Gasteiger partial charge is 0.271 e. The first-order valence-corrected chi connectivity index (χ1v) is 5.31. The molecule has 2 nitrogen and oxygen atoms in total. The molecular formula is C12H18N2. The molecule has 0 saturated heterocycles. The molecule has 2 heteroatoms. The third kappa shape index (κ3) is 2.14. The number of hydrogen-bond acceptors (Lipinski definition) is 2. The second-order valence-corrected chi connectivity index (χ2v) is 4.34. The number of rotatable bonds is 4. The highest BCUT2D eigenvalue weighted by molar-refractivity contribution is 5.16. The third-order valence-corrected chi connectivity index (χ3v) is 3.20. The fourth-order valence-corrected chi connectivity index (χ4v) is 2.11. The zero-order chi connectivity index (χ0) is 9.97. The predicted molar refractivity (Wildman–Crippen MR) is 58.5 cm³/mol. The van der Waals surface area contributed by atoms with Crippen molar-refractivity contribution in [2.75, 3.05) is 0 Å². The molecule has 1 aliphatic rings. The van der Waals surface area contributed by atoms with Gasteiger partial charge in [-0.25, -0.2) is 0 Å². The quantitative estimate of drug-likeness (QED) is 0.560. The van der Waals surface area contributed by atoms with Crippen LogP contribution in [0.4, 0.5) is 0 Å². The van der Waals surface area contributed by atoms with Crippen LogP contribution in [0.2, 0.25) is 0 Å². The third-order valence-electron chi connectivity index (χ3n) is 3.20. The summed E-state index contributed by atoms with van der Waals surface area (Å²) in [6.45, 7) is 2.29. The average Bonchev–Trinajstić information content (AvgIpc) is 2.93. The first kappa shape index (κ1) is 9.69. The van der Waals surface area contributed by atoms with Gasteiger partial charge in [0.25, 0.3) is 0 Å². The van der Waals surface area contributed by atoms with Gasteiger partial charge in [-0.2, -0.15) is 0 Å². The number of nitrogens with two attached hydrogens (primary N) is 1. The molecule has 14 heavy (non-hydrogen) atoms. The van der Waals surface area contributed by atoms with Crippen LogP contribution in [-0.4, -0.2) is 6.04 Å². The molecule has 0 amide bonds. The summed E-state index contributed by atoms with van der Waals surface area (Å²) in [6, 6.07) is 11.0. The molecule has 0 radical (unpaired) electrons. The Balaban J connectivity index is 1.95. The normalized spacial score (nSPS) is 27.3. The summed E-state index contributed by atoms with van der Waals surface area (Å²) in [4.78, 5) is 0. The lowest BCUT2D eigenvalue weighted by Gasteiger charge is -2.15. The van der Waals surface area contributed by atoms with Crippen molar-refractivity contribution in [2.45, 2.75) is 25.8 Å². The van der Waals surface area contributed by atoms with Gasteiger partial charge in [0.05, 0.1) is 0 Å². The van der Waals surface area contributed by atoms with Crippen LogP contribution in [-0.2, 0) is 6.42 Å². The second-order valence-electron chi connectivity index (χ2n) is 4.34. The summed E-state index contributed by atoms with van der Waals surface area (Å²) < 4.78 is 0. The fraction of sp³-hybridized carbons (Fsp3) is 0.500. The molecule has 0 bridgehead atoms. The lowest BCUT2D eigenvalue weighted by atomic mass is 10.0.